The summed E-state index contributed by atoms with van der Waals surface area (Å²) in [6, 6.07) is 19.0. The molecule has 0 atom stereocenters. The fourth-order valence-corrected chi connectivity index (χ4v) is 4.02. The Hall–Kier alpha value is -3.51. The van der Waals surface area contributed by atoms with E-state index in [1.165, 1.54) is 11.3 Å². The molecule has 6 nitrogen and oxygen atoms in total. The number of hydrogen-bond donors (Lipinski definition) is 1. The molecule has 0 saturated carbocycles. The Morgan fingerprint density at radius 3 is 2.50 bits per heavy atom. The largest absolute Gasteiger partial charge is 0.378 e. The van der Waals surface area contributed by atoms with E-state index in [2.05, 4.69) is 71.6 Å². The highest BCUT2D eigenvalue weighted by Gasteiger charge is 2.19. The van der Waals surface area contributed by atoms with Gasteiger partial charge >= 0.3 is 0 Å². The number of hydrazone groups is 1. The summed E-state index contributed by atoms with van der Waals surface area (Å²) in [5, 5.41) is 4.81. The number of aliphatic imine (C=N–C) groups is 1. The first-order valence-corrected chi connectivity index (χ1v) is 11.1. The lowest BCUT2D eigenvalue weighted by Gasteiger charge is -2.29. The van der Waals surface area contributed by atoms with E-state index in [4.69, 9.17) is 14.8 Å². The van der Waals surface area contributed by atoms with Crippen molar-refractivity contribution in [1.82, 2.24) is 10.4 Å². The van der Waals surface area contributed by atoms with Crippen LogP contribution in [0.15, 0.2) is 77.1 Å². The zero-order chi connectivity index (χ0) is 21.9. The molecule has 32 heavy (non-hydrogen) atoms. The van der Waals surface area contributed by atoms with E-state index in [9.17, 15) is 0 Å². The number of rotatable bonds is 4. The molecule has 0 unspecified atom stereocenters. The number of nitrogens with zero attached hydrogens (tertiary/aromatic N) is 4. The molecule has 1 N–H and O–H groups in total. The number of hydrogen-bond acceptors (Lipinski definition) is 6. The van der Waals surface area contributed by atoms with Crippen molar-refractivity contribution in [2.24, 2.45) is 10.1 Å². The molecule has 6 heteroatoms. The average Bonchev–Trinajstić information content (AvgIpc) is 3.04. The molecule has 2 aliphatic heterocycles. The van der Waals surface area contributed by atoms with Crippen LogP contribution in [0.5, 0.6) is 0 Å². The number of aromatic nitrogens is 1. The van der Waals surface area contributed by atoms with Gasteiger partial charge in [0, 0.05) is 47.9 Å². The summed E-state index contributed by atoms with van der Waals surface area (Å²) in [5.74, 6) is 1.11. The zero-order valence-electron chi connectivity index (χ0n) is 18.5. The van der Waals surface area contributed by atoms with Crippen LogP contribution in [0.2, 0.25) is 0 Å². The van der Waals surface area contributed by atoms with Crippen LogP contribution in [0.3, 0.4) is 0 Å². The molecule has 1 aromatic heterocycles. The molecule has 5 rings (SSSR count). The van der Waals surface area contributed by atoms with Crippen molar-refractivity contribution >= 4 is 22.9 Å². The van der Waals surface area contributed by atoms with Crippen LogP contribution in [0.4, 0.5) is 11.4 Å². The van der Waals surface area contributed by atoms with Gasteiger partial charge in [-0.05, 0) is 47.9 Å². The first-order chi connectivity index (χ1) is 15.7. The maximum absolute atomic E-state index is 5.48. The first-order valence-electron chi connectivity index (χ1n) is 11.1. The predicted molar refractivity (Wildman–Crippen MR) is 129 cm³/mol. The fourth-order valence-electron chi connectivity index (χ4n) is 4.02. The molecular weight excluding hydrogens is 398 g/mol. The van der Waals surface area contributed by atoms with Crippen LogP contribution in [0.25, 0.3) is 0 Å². The summed E-state index contributed by atoms with van der Waals surface area (Å²) in [6.07, 6.45) is 3.56. The molecule has 3 aromatic rings. The van der Waals surface area contributed by atoms with Gasteiger partial charge in [-0.1, -0.05) is 32.0 Å². The number of benzene rings is 2. The van der Waals surface area contributed by atoms with Crippen molar-refractivity contribution in [3.63, 3.8) is 0 Å². The van der Waals surface area contributed by atoms with Crippen molar-refractivity contribution < 1.29 is 4.74 Å². The van der Waals surface area contributed by atoms with Crippen molar-refractivity contribution in [1.29, 1.82) is 0 Å². The second kappa shape index (κ2) is 8.93. The lowest BCUT2D eigenvalue weighted by Crippen LogP contribution is -2.36. The monoisotopic (exact) mass is 425 g/mol. The third kappa shape index (κ3) is 4.14. The molecule has 3 heterocycles. The number of morpholine rings is 1. The number of ether oxygens (including phenoxy) is 1. The third-order valence-electron chi connectivity index (χ3n) is 5.90. The van der Waals surface area contributed by atoms with Gasteiger partial charge in [0.15, 0.2) is 5.84 Å². The molecule has 1 fully saturated rings. The van der Waals surface area contributed by atoms with Crippen LogP contribution in [-0.2, 0) is 4.74 Å². The van der Waals surface area contributed by atoms with Gasteiger partial charge < -0.3 is 9.64 Å². The second-order valence-electron chi connectivity index (χ2n) is 8.35. The topological polar surface area (TPSA) is 62.1 Å². The van der Waals surface area contributed by atoms with Crippen LogP contribution < -0.4 is 10.3 Å². The Bertz CT molecular complexity index is 1150. The third-order valence-corrected chi connectivity index (χ3v) is 5.90. The number of amidine groups is 1. The van der Waals surface area contributed by atoms with Gasteiger partial charge in [-0.15, -0.1) is 0 Å². The van der Waals surface area contributed by atoms with E-state index >= 15 is 0 Å². The summed E-state index contributed by atoms with van der Waals surface area (Å²) >= 11 is 0. The SMILES string of the molecule is CC(C)c1ccc2c(c1)C(c1ccc(N3CCOCC3)cc1)=NNC(c1cccnc1)=N2. The molecule has 0 bridgehead atoms. The Labute approximate surface area is 188 Å². The van der Waals surface area contributed by atoms with E-state index in [0.717, 1.165) is 54.4 Å². The smallest absolute Gasteiger partial charge is 0.155 e. The fraction of sp³-hybridized carbons (Fsp3) is 0.269. The molecule has 162 valence electrons. The van der Waals surface area contributed by atoms with E-state index in [-0.39, 0.29) is 0 Å². The van der Waals surface area contributed by atoms with Crippen molar-refractivity contribution in [3.05, 3.63) is 89.2 Å². The molecular formula is C26H27N5O. The summed E-state index contributed by atoms with van der Waals surface area (Å²) in [7, 11) is 0. The molecule has 2 aromatic carbocycles. The highest BCUT2D eigenvalue weighted by Crippen LogP contribution is 2.30. The van der Waals surface area contributed by atoms with E-state index in [1.54, 1.807) is 12.4 Å². The lowest BCUT2D eigenvalue weighted by molar-refractivity contribution is 0.122. The van der Waals surface area contributed by atoms with Gasteiger partial charge in [0.2, 0.25) is 0 Å². The van der Waals surface area contributed by atoms with Crippen LogP contribution >= 0.6 is 0 Å². The lowest BCUT2D eigenvalue weighted by atomic mass is 9.94. The number of nitrogens with one attached hydrogen (secondary N) is 1. The van der Waals surface area contributed by atoms with E-state index < -0.39 is 0 Å². The van der Waals surface area contributed by atoms with Crippen LogP contribution in [0, 0.1) is 0 Å². The highest BCUT2D eigenvalue weighted by atomic mass is 16.5. The standard InChI is InChI=1S/C26H27N5O/c1-18(2)20-7-10-24-23(16-20)25(29-30-26(28-24)21-4-3-11-27-17-21)19-5-8-22(9-6-19)31-12-14-32-15-13-31/h3-11,16-18H,12-15H2,1-2H3,(H,28,30). The molecule has 1 saturated heterocycles. The van der Waals surface area contributed by atoms with Gasteiger partial charge in [-0.3, -0.25) is 10.4 Å². The second-order valence-corrected chi connectivity index (χ2v) is 8.35. The normalized spacial score (nSPS) is 16.0. The Kier molecular flexibility index (Phi) is 5.69. The number of pyridine rings is 1. The summed E-state index contributed by atoms with van der Waals surface area (Å²) in [4.78, 5) is 11.5. The quantitative estimate of drug-likeness (QED) is 0.670. The van der Waals surface area contributed by atoms with Gasteiger partial charge in [0.25, 0.3) is 0 Å². The van der Waals surface area contributed by atoms with Gasteiger partial charge in [-0.25, -0.2) is 4.99 Å². The highest BCUT2D eigenvalue weighted by molar-refractivity contribution is 6.18. The van der Waals surface area contributed by atoms with E-state index in [1.807, 2.05) is 12.1 Å². The van der Waals surface area contributed by atoms with Crippen LogP contribution in [-0.4, -0.2) is 42.8 Å². The minimum atomic E-state index is 0.420. The zero-order valence-corrected chi connectivity index (χ0v) is 18.5. The Morgan fingerprint density at radius 1 is 0.969 bits per heavy atom. The van der Waals surface area contributed by atoms with Crippen LogP contribution in [0.1, 0.15) is 42.0 Å². The van der Waals surface area contributed by atoms with Crippen molar-refractivity contribution in [2.45, 2.75) is 19.8 Å². The molecule has 0 radical (unpaired) electrons. The summed E-state index contributed by atoms with van der Waals surface area (Å²) < 4.78 is 5.48. The molecule has 0 aliphatic carbocycles. The molecule has 0 spiro atoms. The predicted octanol–water partition coefficient (Wildman–Crippen LogP) is 4.48. The maximum atomic E-state index is 5.48. The summed E-state index contributed by atoms with van der Waals surface area (Å²) in [5.41, 5.74) is 10.4. The van der Waals surface area contributed by atoms with Gasteiger partial charge in [0.05, 0.1) is 24.6 Å². The molecule has 2 aliphatic rings. The number of anilines is 1. The van der Waals surface area contributed by atoms with Crippen molar-refractivity contribution in [3.8, 4) is 0 Å². The van der Waals surface area contributed by atoms with Gasteiger partial charge in [-0.2, -0.15) is 5.10 Å². The first kappa shape index (κ1) is 20.4. The average molecular weight is 426 g/mol. The Morgan fingerprint density at radius 2 is 1.78 bits per heavy atom. The maximum Gasteiger partial charge on any atom is 0.155 e. The number of fused-ring (bicyclic) bond motifs is 1. The van der Waals surface area contributed by atoms with E-state index in [0.29, 0.717) is 11.8 Å². The van der Waals surface area contributed by atoms with Crippen molar-refractivity contribution in [2.75, 3.05) is 31.2 Å². The minimum absolute atomic E-state index is 0.420. The Balaban J connectivity index is 1.55. The molecule has 0 amide bonds. The van der Waals surface area contributed by atoms with Gasteiger partial charge in [0.1, 0.15) is 0 Å². The summed E-state index contributed by atoms with van der Waals surface area (Å²) in [6.45, 7) is 7.80. The minimum Gasteiger partial charge on any atom is -0.378 e.